The first kappa shape index (κ1) is 13.5. The van der Waals surface area contributed by atoms with Crippen molar-refractivity contribution in [2.24, 2.45) is 0 Å². The van der Waals surface area contributed by atoms with Crippen molar-refractivity contribution >= 4 is 40.5 Å². The maximum atomic E-state index is 6.16. The third-order valence-corrected chi connectivity index (χ3v) is 4.12. The van der Waals surface area contributed by atoms with Crippen molar-refractivity contribution in [1.29, 1.82) is 0 Å². The topological polar surface area (TPSA) is 41.0 Å². The first-order valence-corrected chi connectivity index (χ1v) is 7.27. The summed E-state index contributed by atoms with van der Waals surface area (Å²) < 4.78 is 0. The highest BCUT2D eigenvalue weighted by Gasteiger charge is 2.14. The van der Waals surface area contributed by atoms with E-state index in [1.165, 1.54) is 12.8 Å². The Morgan fingerprint density at radius 3 is 2.70 bits per heavy atom. The van der Waals surface area contributed by atoms with Crippen molar-refractivity contribution in [3.05, 3.63) is 40.6 Å². The Kier molecular flexibility index (Phi) is 3.94. The SMILES string of the molecule is Clc1cccc(Nc2cc(N3CCCC3)ncn2)c1Cl. The van der Waals surface area contributed by atoms with E-state index in [4.69, 9.17) is 23.2 Å². The lowest BCUT2D eigenvalue weighted by atomic mass is 10.3. The van der Waals surface area contributed by atoms with Gasteiger partial charge in [0.1, 0.15) is 18.0 Å². The first-order chi connectivity index (χ1) is 9.74. The number of halogens is 2. The highest BCUT2D eigenvalue weighted by Crippen LogP contribution is 2.31. The van der Waals surface area contributed by atoms with Crippen LogP contribution in [0.5, 0.6) is 0 Å². The van der Waals surface area contributed by atoms with Crippen LogP contribution in [0.3, 0.4) is 0 Å². The molecule has 0 aliphatic carbocycles. The molecule has 1 N–H and O–H groups in total. The highest BCUT2D eigenvalue weighted by atomic mass is 35.5. The van der Waals surface area contributed by atoms with Gasteiger partial charge in [0, 0.05) is 19.2 Å². The van der Waals surface area contributed by atoms with E-state index in [0.717, 1.165) is 24.6 Å². The molecule has 4 nitrogen and oxygen atoms in total. The largest absolute Gasteiger partial charge is 0.356 e. The Hall–Kier alpha value is -1.52. The number of aromatic nitrogens is 2. The molecule has 0 saturated carbocycles. The molecule has 0 unspecified atom stereocenters. The summed E-state index contributed by atoms with van der Waals surface area (Å²) in [5.74, 6) is 1.66. The molecular weight excluding hydrogens is 295 g/mol. The zero-order valence-electron chi connectivity index (χ0n) is 10.8. The molecule has 1 fully saturated rings. The number of rotatable bonds is 3. The van der Waals surface area contributed by atoms with Crippen LogP contribution in [0.1, 0.15) is 12.8 Å². The second kappa shape index (κ2) is 5.85. The van der Waals surface area contributed by atoms with Crippen LogP contribution < -0.4 is 10.2 Å². The molecule has 1 aromatic carbocycles. The average molecular weight is 309 g/mol. The van der Waals surface area contributed by atoms with Crippen LogP contribution in [0.2, 0.25) is 10.0 Å². The second-order valence-corrected chi connectivity index (χ2v) is 5.47. The van der Waals surface area contributed by atoms with Crippen molar-refractivity contribution < 1.29 is 0 Å². The monoisotopic (exact) mass is 308 g/mol. The Balaban J connectivity index is 1.83. The van der Waals surface area contributed by atoms with E-state index >= 15 is 0 Å². The van der Waals surface area contributed by atoms with E-state index in [9.17, 15) is 0 Å². The Labute approximate surface area is 127 Å². The molecule has 0 radical (unpaired) electrons. The van der Waals surface area contributed by atoms with E-state index in [0.29, 0.717) is 15.9 Å². The Bertz CT molecular complexity index is 612. The molecule has 2 aromatic rings. The molecule has 0 spiro atoms. The summed E-state index contributed by atoms with van der Waals surface area (Å²) in [4.78, 5) is 10.8. The van der Waals surface area contributed by atoms with E-state index < -0.39 is 0 Å². The summed E-state index contributed by atoms with van der Waals surface area (Å²) in [6.45, 7) is 2.10. The van der Waals surface area contributed by atoms with Gasteiger partial charge in [0.05, 0.1) is 15.7 Å². The molecule has 1 saturated heterocycles. The van der Waals surface area contributed by atoms with Gasteiger partial charge in [0.15, 0.2) is 0 Å². The van der Waals surface area contributed by atoms with Crippen molar-refractivity contribution in [2.45, 2.75) is 12.8 Å². The lowest BCUT2D eigenvalue weighted by molar-refractivity contribution is 0.928. The maximum absolute atomic E-state index is 6.16. The quantitative estimate of drug-likeness (QED) is 0.925. The van der Waals surface area contributed by atoms with Crippen LogP contribution in [-0.4, -0.2) is 23.1 Å². The van der Waals surface area contributed by atoms with Crippen molar-refractivity contribution in [3.8, 4) is 0 Å². The third-order valence-electron chi connectivity index (χ3n) is 3.30. The fourth-order valence-electron chi connectivity index (χ4n) is 2.27. The standard InChI is InChI=1S/C14H14Cl2N4/c15-10-4-3-5-11(14(10)16)19-12-8-13(18-9-17-12)20-6-1-2-7-20/h3-5,8-9H,1-2,6-7H2,(H,17,18,19). The minimum Gasteiger partial charge on any atom is -0.356 e. The van der Waals surface area contributed by atoms with E-state index in [1.54, 1.807) is 12.4 Å². The number of benzene rings is 1. The fourth-order valence-corrected chi connectivity index (χ4v) is 2.62. The predicted octanol–water partition coefficient (Wildman–Crippen LogP) is 4.13. The first-order valence-electron chi connectivity index (χ1n) is 6.52. The molecule has 1 aliphatic rings. The second-order valence-electron chi connectivity index (χ2n) is 4.68. The molecule has 0 bridgehead atoms. The molecule has 20 heavy (non-hydrogen) atoms. The lowest BCUT2D eigenvalue weighted by Crippen LogP contribution is -2.19. The molecule has 0 amide bonds. The summed E-state index contributed by atoms with van der Waals surface area (Å²) in [6.07, 6.45) is 3.99. The van der Waals surface area contributed by atoms with Gasteiger partial charge in [-0.15, -0.1) is 0 Å². The van der Waals surface area contributed by atoms with Gasteiger partial charge < -0.3 is 10.2 Å². The van der Waals surface area contributed by atoms with E-state index in [1.807, 2.05) is 18.2 Å². The van der Waals surface area contributed by atoms with Gasteiger partial charge in [0.2, 0.25) is 0 Å². The average Bonchev–Trinajstić information content (AvgIpc) is 2.98. The van der Waals surface area contributed by atoms with Crippen LogP contribution in [0.25, 0.3) is 0 Å². The maximum Gasteiger partial charge on any atom is 0.135 e. The molecule has 3 rings (SSSR count). The normalized spacial score (nSPS) is 14.6. The third kappa shape index (κ3) is 2.81. The summed E-state index contributed by atoms with van der Waals surface area (Å²) in [7, 11) is 0. The zero-order chi connectivity index (χ0) is 13.9. The molecular formula is C14H14Cl2N4. The van der Waals surface area contributed by atoms with Gasteiger partial charge in [-0.2, -0.15) is 0 Å². The van der Waals surface area contributed by atoms with Crippen molar-refractivity contribution in [3.63, 3.8) is 0 Å². The van der Waals surface area contributed by atoms with Gasteiger partial charge in [0.25, 0.3) is 0 Å². The molecule has 6 heteroatoms. The van der Waals surface area contributed by atoms with Crippen LogP contribution >= 0.6 is 23.2 Å². The summed E-state index contributed by atoms with van der Waals surface area (Å²) >= 11 is 12.2. The van der Waals surface area contributed by atoms with E-state index in [-0.39, 0.29) is 0 Å². The summed E-state index contributed by atoms with van der Waals surface area (Å²) in [5.41, 5.74) is 0.741. The van der Waals surface area contributed by atoms with Crippen LogP contribution in [0, 0.1) is 0 Å². The predicted molar refractivity (Wildman–Crippen MR) is 83.2 cm³/mol. The van der Waals surface area contributed by atoms with Gasteiger partial charge in [-0.25, -0.2) is 9.97 Å². The van der Waals surface area contributed by atoms with Crippen molar-refractivity contribution in [2.75, 3.05) is 23.3 Å². The Morgan fingerprint density at radius 2 is 1.90 bits per heavy atom. The summed E-state index contributed by atoms with van der Waals surface area (Å²) in [5, 5.41) is 4.20. The summed E-state index contributed by atoms with van der Waals surface area (Å²) in [6, 6.07) is 7.40. The van der Waals surface area contributed by atoms with Crippen LogP contribution in [0.15, 0.2) is 30.6 Å². The molecule has 1 aliphatic heterocycles. The number of nitrogens with one attached hydrogen (secondary N) is 1. The highest BCUT2D eigenvalue weighted by molar-refractivity contribution is 6.43. The molecule has 1 aromatic heterocycles. The zero-order valence-corrected chi connectivity index (χ0v) is 12.3. The van der Waals surface area contributed by atoms with E-state index in [2.05, 4.69) is 20.2 Å². The fraction of sp³-hybridized carbons (Fsp3) is 0.286. The number of nitrogens with zero attached hydrogens (tertiary/aromatic N) is 3. The minimum atomic E-state index is 0.496. The molecule has 2 heterocycles. The van der Waals surface area contributed by atoms with Crippen molar-refractivity contribution in [1.82, 2.24) is 9.97 Å². The molecule has 0 atom stereocenters. The van der Waals surface area contributed by atoms with Gasteiger partial charge in [-0.05, 0) is 25.0 Å². The number of hydrogen-bond acceptors (Lipinski definition) is 4. The smallest absolute Gasteiger partial charge is 0.135 e. The van der Waals surface area contributed by atoms with Crippen LogP contribution in [-0.2, 0) is 0 Å². The van der Waals surface area contributed by atoms with Crippen LogP contribution in [0.4, 0.5) is 17.3 Å². The minimum absolute atomic E-state index is 0.496. The molecule has 104 valence electrons. The van der Waals surface area contributed by atoms with Gasteiger partial charge in [-0.1, -0.05) is 29.3 Å². The van der Waals surface area contributed by atoms with Gasteiger partial charge >= 0.3 is 0 Å². The number of hydrogen-bond donors (Lipinski definition) is 1. The number of anilines is 3. The Morgan fingerprint density at radius 1 is 1.10 bits per heavy atom. The van der Waals surface area contributed by atoms with Gasteiger partial charge in [-0.3, -0.25) is 0 Å². The lowest BCUT2D eigenvalue weighted by Gasteiger charge is -2.17.